The fourth-order valence-electron chi connectivity index (χ4n) is 2.98. The van der Waals surface area contributed by atoms with Gasteiger partial charge in [-0.1, -0.05) is 0 Å². The van der Waals surface area contributed by atoms with Crippen LogP contribution in [0, 0.1) is 0 Å². The molecule has 4 heteroatoms. The molecular formula is C13H24N2O2. The molecule has 0 atom stereocenters. The summed E-state index contributed by atoms with van der Waals surface area (Å²) >= 11 is 0. The number of ether oxygens (including phenoxy) is 1. The summed E-state index contributed by atoms with van der Waals surface area (Å²) in [5.41, 5.74) is -0.0884. The highest BCUT2D eigenvalue weighted by Gasteiger charge is 2.48. The van der Waals surface area contributed by atoms with Crippen molar-refractivity contribution in [1.82, 2.24) is 9.80 Å². The maximum absolute atomic E-state index is 11.7. The van der Waals surface area contributed by atoms with E-state index < -0.39 is 0 Å². The van der Waals surface area contributed by atoms with Gasteiger partial charge in [0, 0.05) is 38.0 Å². The van der Waals surface area contributed by atoms with E-state index in [1.54, 1.807) is 0 Å². The zero-order chi connectivity index (χ0) is 12.7. The molecule has 0 radical (unpaired) electrons. The van der Waals surface area contributed by atoms with Crippen molar-refractivity contribution in [3.8, 4) is 0 Å². The van der Waals surface area contributed by atoms with E-state index in [2.05, 4.69) is 25.7 Å². The van der Waals surface area contributed by atoms with Gasteiger partial charge >= 0.3 is 0 Å². The molecule has 17 heavy (non-hydrogen) atoms. The summed E-state index contributed by atoms with van der Waals surface area (Å²) in [4.78, 5) is 16.1. The Balaban J connectivity index is 2.05. The standard InChI is InChI=1S/C13H24N2O2/c1-5-15-11(16)10-17-13(15)6-8-14(9-7-13)12(2,3)4/h5-10H2,1-4H3. The monoisotopic (exact) mass is 240 g/mol. The number of hydrogen-bond donors (Lipinski definition) is 0. The predicted molar refractivity (Wildman–Crippen MR) is 66.6 cm³/mol. The van der Waals surface area contributed by atoms with E-state index in [1.807, 2.05) is 11.8 Å². The minimum atomic E-state index is -0.298. The van der Waals surface area contributed by atoms with E-state index in [4.69, 9.17) is 4.74 Å². The van der Waals surface area contributed by atoms with Crippen molar-refractivity contribution in [2.24, 2.45) is 0 Å². The SMILES string of the molecule is CCN1C(=O)COC12CCN(C(C)(C)C)CC2. The average molecular weight is 240 g/mol. The lowest BCUT2D eigenvalue weighted by Gasteiger charge is -2.47. The first-order valence-electron chi connectivity index (χ1n) is 6.58. The van der Waals surface area contributed by atoms with Crippen molar-refractivity contribution in [3.63, 3.8) is 0 Å². The first kappa shape index (κ1) is 12.8. The van der Waals surface area contributed by atoms with Gasteiger partial charge in [0.15, 0.2) is 0 Å². The van der Waals surface area contributed by atoms with Crippen molar-refractivity contribution in [2.45, 2.75) is 51.8 Å². The molecule has 2 heterocycles. The number of piperidine rings is 1. The van der Waals surface area contributed by atoms with Crippen LogP contribution in [0.4, 0.5) is 0 Å². The fourth-order valence-corrected chi connectivity index (χ4v) is 2.98. The summed E-state index contributed by atoms with van der Waals surface area (Å²) in [5.74, 6) is 0.150. The number of rotatable bonds is 1. The van der Waals surface area contributed by atoms with E-state index >= 15 is 0 Å². The molecule has 0 aromatic rings. The molecule has 1 amide bonds. The van der Waals surface area contributed by atoms with Crippen molar-refractivity contribution >= 4 is 5.91 Å². The zero-order valence-corrected chi connectivity index (χ0v) is 11.5. The molecule has 0 N–H and O–H groups in total. The summed E-state index contributed by atoms with van der Waals surface area (Å²) in [6.07, 6.45) is 1.87. The van der Waals surface area contributed by atoms with Gasteiger partial charge in [0.05, 0.1) is 0 Å². The van der Waals surface area contributed by atoms with Crippen LogP contribution in [-0.4, -0.2) is 53.2 Å². The average Bonchev–Trinajstić information content (AvgIpc) is 2.55. The number of nitrogens with zero attached hydrogens (tertiary/aromatic N) is 2. The molecule has 0 aliphatic carbocycles. The van der Waals surface area contributed by atoms with Crippen LogP contribution in [0.2, 0.25) is 0 Å². The molecule has 2 aliphatic heterocycles. The molecule has 0 saturated carbocycles. The Morgan fingerprint density at radius 1 is 1.29 bits per heavy atom. The molecule has 2 saturated heterocycles. The van der Waals surface area contributed by atoms with Crippen molar-refractivity contribution in [1.29, 1.82) is 0 Å². The highest BCUT2D eigenvalue weighted by molar-refractivity contribution is 5.80. The number of likely N-dealkylation sites (N-methyl/N-ethyl adjacent to an activating group) is 1. The molecule has 0 aromatic carbocycles. The Labute approximate surface area is 104 Å². The van der Waals surface area contributed by atoms with E-state index in [0.29, 0.717) is 0 Å². The van der Waals surface area contributed by atoms with E-state index in [-0.39, 0.29) is 23.8 Å². The first-order valence-corrected chi connectivity index (χ1v) is 6.58. The van der Waals surface area contributed by atoms with Gasteiger partial charge in [-0.05, 0) is 27.7 Å². The Hall–Kier alpha value is -0.610. The van der Waals surface area contributed by atoms with Crippen molar-refractivity contribution < 1.29 is 9.53 Å². The lowest BCUT2D eigenvalue weighted by atomic mass is 9.94. The normalized spacial score (nSPS) is 25.9. The van der Waals surface area contributed by atoms with Gasteiger partial charge in [0.25, 0.3) is 5.91 Å². The summed E-state index contributed by atoms with van der Waals surface area (Å²) in [7, 11) is 0. The van der Waals surface area contributed by atoms with E-state index in [9.17, 15) is 4.79 Å². The number of carbonyl (C=O) groups excluding carboxylic acids is 1. The smallest absolute Gasteiger partial charge is 0.250 e. The zero-order valence-electron chi connectivity index (χ0n) is 11.5. The molecule has 0 bridgehead atoms. The van der Waals surface area contributed by atoms with Crippen LogP contribution in [0.25, 0.3) is 0 Å². The fraction of sp³-hybridized carbons (Fsp3) is 0.923. The van der Waals surface area contributed by atoms with Gasteiger partial charge in [-0.3, -0.25) is 9.69 Å². The van der Waals surface area contributed by atoms with Crippen molar-refractivity contribution in [2.75, 3.05) is 26.2 Å². The second-order valence-corrected chi connectivity index (χ2v) is 6.03. The lowest BCUT2D eigenvalue weighted by molar-refractivity contribution is -0.143. The Bertz CT molecular complexity index is 301. The lowest BCUT2D eigenvalue weighted by Crippen LogP contribution is -2.57. The molecular weight excluding hydrogens is 216 g/mol. The number of amides is 1. The van der Waals surface area contributed by atoms with E-state index in [1.165, 1.54) is 0 Å². The number of hydrogen-bond acceptors (Lipinski definition) is 3. The summed E-state index contributed by atoms with van der Waals surface area (Å²) in [6, 6.07) is 0. The predicted octanol–water partition coefficient (Wildman–Crippen LogP) is 1.46. The van der Waals surface area contributed by atoms with Gasteiger partial charge in [-0.15, -0.1) is 0 Å². The molecule has 2 aliphatic rings. The van der Waals surface area contributed by atoms with Gasteiger partial charge in [-0.2, -0.15) is 0 Å². The number of carbonyl (C=O) groups is 1. The van der Waals surface area contributed by atoms with Crippen LogP contribution < -0.4 is 0 Å². The molecule has 0 unspecified atom stereocenters. The Morgan fingerprint density at radius 3 is 2.35 bits per heavy atom. The van der Waals surface area contributed by atoms with Crippen LogP contribution in [0.1, 0.15) is 40.5 Å². The Morgan fingerprint density at radius 2 is 1.88 bits per heavy atom. The molecule has 2 fully saturated rings. The quantitative estimate of drug-likeness (QED) is 0.695. The largest absolute Gasteiger partial charge is 0.346 e. The minimum Gasteiger partial charge on any atom is -0.346 e. The van der Waals surface area contributed by atoms with Gasteiger partial charge in [0.1, 0.15) is 12.3 Å². The van der Waals surface area contributed by atoms with E-state index in [0.717, 1.165) is 32.5 Å². The third-order valence-corrected chi connectivity index (χ3v) is 4.07. The number of likely N-dealkylation sites (tertiary alicyclic amines) is 1. The summed E-state index contributed by atoms with van der Waals surface area (Å²) in [6.45, 7) is 11.8. The minimum absolute atomic E-state index is 0.150. The maximum Gasteiger partial charge on any atom is 0.250 e. The molecule has 2 rings (SSSR count). The second kappa shape index (κ2) is 4.25. The highest BCUT2D eigenvalue weighted by Crippen LogP contribution is 2.36. The van der Waals surface area contributed by atoms with Crippen LogP contribution in [-0.2, 0) is 9.53 Å². The van der Waals surface area contributed by atoms with Crippen molar-refractivity contribution in [3.05, 3.63) is 0 Å². The molecule has 1 spiro atoms. The molecule has 4 nitrogen and oxygen atoms in total. The summed E-state index contributed by atoms with van der Waals surface area (Å²) < 4.78 is 5.81. The van der Waals surface area contributed by atoms with Crippen LogP contribution in [0.3, 0.4) is 0 Å². The maximum atomic E-state index is 11.7. The van der Waals surface area contributed by atoms with Crippen LogP contribution >= 0.6 is 0 Å². The third-order valence-electron chi connectivity index (χ3n) is 4.07. The summed E-state index contributed by atoms with van der Waals surface area (Å²) in [5, 5.41) is 0. The third kappa shape index (κ3) is 2.20. The van der Waals surface area contributed by atoms with Gasteiger partial charge < -0.3 is 9.64 Å². The Kier molecular flexibility index (Phi) is 3.21. The van der Waals surface area contributed by atoms with Gasteiger partial charge in [0.2, 0.25) is 0 Å². The molecule has 0 aromatic heterocycles. The second-order valence-electron chi connectivity index (χ2n) is 6.03. The first-order chi connectivity index (χ1) is 7.89. The highest BCUT2D eigenvalue weighted by atomic mass is 16.5. The molecule has 98 valence electrons. The van der Waals surface area contributed by atoms with Crippen LogP contribution in [0.15, 0.2) is 0 Å². The van der Waals surface area contributed by atoms with Crippen LogP contribution in [0.5, 0.6) is 0 Å². The topological polar surface area (TPSA) is 32.8 Å². The van der Waals surface area contributed by atoms with Gasteiger partial charge in [-0.25, -0.2) is 0 Å².